The van der Waals surface area contributed by atoms with Crippen molar-refractivity contribution in [3.05, 3.63) is 58.9 Å². The zero-order chi connectivity index (χ0) is 19.4. The molecule has 144 valence electrons. The summed E-state index contributed by atoms with van der Waals surface area (Å²) in [6.07, 6.45) is 3.99. The van der Waals surface area contributed by atoms with Gasteiger partial charge in [0, 0.05) is 13.0 Å². The molecule has 27 heavy (non-hydrogen) atoms. The van der Waals surface area contributed by atoms with E-state index in [4.69, 9.17) is 0 Å². The Balaban J connectivity index is 1.56. The molecule has 1 amide bonds. The molecule has 0 bridgehead atoms. The van der Waals surface area contributed by atoms with Crippen molar-refractivity contribution in [2.45, 2.75) is 43.9 Å². The first-order chi connectivity index (χ1) is 12.8. The number of benzene rings is 2. The molecular weight excluding hydrogens is 367 g/mol. The lowest BCUT2D eigenvalue weighted by atomic mass is 9.92. The average molecular weight is 390 g/mol. The number of hydrogen-bond donors (Lipinski definition) is 2. The molecule has 0 atom stereocenters. The summed E-state index contributed by atoms with van der Waals surface area (Å²) >= 11 is 0. The van der Waals surface area contributed by atoms with Gasteiger partial charge in [-0.2, -0.15) is 0 Å². The fourth-order valence-corrected chi connectivity index (χ4v) is 4.28. The van der Waals surface area contributed by atoms with Crippen molar-refractivity contribution in [3.8, 4) is 0 Å². The van der Waals surface area contributed by atoms with Gasteiger partial charge in [0.2, 0.25) is 15.9 Å². The molecule has 5 nitrogen and oxygen atoms in total. The average Bonchev–Trinajstić information content (AvgIpc) is 2.63. The minimum atomic E-state index is -3.68. The molecule has 0 saturated carbocycles. The van der Waals surface area contributed by atoms with Crippen molar-refractivity contribution in [3.63, 3.8) is 0 Å². The van der Waals surface area contributed by atoms with Gasteiger partial charge < -0.3 is 5.32 Å². The molecule has 1 aliphatic rings. The molecule has 0 saturated heterocycles. The quantitative estimate of drug-likeness (QED) is 0.795. The third-order valence-electron chi connectivity index (χ3n) is 4.67. The lowest BCUT2D eigenvalue weighted by Crippen LogP contribution is -2.28. The second-order valence-electron chi connectivity index (χ2n) is 6.82. The van der Waals surface area contributed by atoms with Gasteiger partial charge in [-0.3, -0.25) is 4.79 Å². The van der Waals surface area contributed by atoms with E-state index < -0.39 is 21.7 Å². The van der Waals surface area contributed by atoms with E-state index in [9.17, 15) is 17.6 Å². The fraction of sp³-hybridized carbons (Fsp3) is 0.350. The molecular formula is C20H23FN2O3S. The van der Waals surface area contributed by atoms with Gasteiger partial charge in [0.15, 0.2) is 0 Å². The number of amides is 1. The van der Waals surface area contributed by atoms with E-state index in [0.717, 1.165) is 36.8 Å². The second kappa shape index (κ2) is 8.19. The van der Waals surface area contributed by atoms with Gasteiger partial charge in [0.25, 0.3) is 0 Å². The molecule has 0 unspecified atom stereocenters. The van der Waals surface area contributed by atoms with Crippen molar-refractivity contribution in [2.24, 2.45) is 0 Å². The van der Waals surface area contributed by atoms with E-state index in [1.165, 1.54) is 17.7 Å². The highest BCUT2D eigenvalue weighted by Crippen LogP contribution is 2.24. The van der Waals surface area contributed by atoms with Crippen LogP contribution < -0.4 is 10.0 Å². The predicted octanol–water partition coefficient (Wildman–Crippen LogP) is 3.32. The highest BCUT2D eigenvalue weighted by atomic mass is 32.2. The Hall–Kier alpha value is -2.25. The standard InChI is InChI=1S/C20H23FN2O3S/c1-14-6-9-19(18(21)12-14)23-20(24)10-11-22-27(25,26)17-8-7-15-4-2-3-5-16(15)13-17/h6-9,12-13,22H,2-5,10-11H2,1H3,(H,23,24). The van der Waals surface area contributed by atoms with Crippen molar-refractivity contribution >= 4 is 21.6 Å². The summed E-state index contributed by atoms with van der Waals surface area (Å²) in [5.41, 5.74) is 3.13. The maximum absolute atomic E-state index is 13.8. The Bertz CT molecular complexity index is 958. The van der Waals surface area contributed by atoms with Crippen LogP contribution >= 0.6 is 0 Å². The first kappa shape index (κ1) is 19.5. The molecule has 0 aromatic heterocycles. The third-order valence-corrected chi connectivity index (χ3v) is 6.13. The Labute approximate surface area is 159 Å². The number of sulfonamides is 1. The Kier molecular flexibility index (Phi) is 5.92. The van der Waals surface area contributed by atoms with Gasteiger partial charge >= 0.3 is 0 Å². The Morgan fingerprint density at radius 2 is 1.81 bits per heavy atom. The summed E-state index contributed by atoms with van der Waals surface area (Å²) in [6.45, 7) is 1.70. The van der Waals surface area contributed by atoms with Crippen LogP contribution in [0.4, 0.5) is 10.1 Å². The number of carbonyl (C=O) groups excluding carboxylic acids is 1. The van der Waals surface area contributed by atoms with Crippen molar-refractivity contribution in [1.82, 2.24) is 4.72 Å². The number of rotatable bonds is 6. The lowest BCUT2D eigenvalue weighted by molar-refractivity contribution is -0.116. The maximum atomic E-state index is 13.8. The van der Waals surface area contributed by atoms with Crippen LogP contribution in [0.15, 0.2) is 41.3 Å². The smallest absolute Gasteiger partial charge is 0.240 e. The molecule has 2 aromatic rings. The summed E-state index contributed by atoms with van der Waals surface area (Å²) in [6, 6.07) is 9.70. The molecule has 0 heterocycles. The normalized spacial score (nSPS) is 13.9. The molecule has 0 radical (unpaired) electrons. The number of aryl methyl sites for hydroxylation is 3. The van der Waals surface area contributed by atoms with Gasteiger partial charge in [0.05, 0.1) is 10.6 Å². The number of carbonyl (C=O) groups is 1. The van der Waals surface area contributed by atoms with Gasteiger partial charge in [0.1, 0.15) is 5.82 Å². The third kappa shape index (κ3) is 4.93. The van der Waals surface area contributed by atoms with Gasteiger partial charge in [-0.1, -0.05) is 12.1 Å². The van der Waals surface area contributed by atoms with E-state index in [1.54, 1.807) is 25.1 Å². The number of nitrogens with one attached hydrogen (secondary N) is 2. The minimum Gasteiger partial charge on any atom is -0.324 e. The summed E-state index contributed by atoms with van der Waals surface area (Å²) < 4.78 is 41.1. The minimum absolute atomic E-state index is 0.0568. The van der Waals surface area contributed by atoms with Gasteiger partial charge in [-0.05, 0) is 73.6 Å². The summed E-state index contributed by atoms with van der Waals surface area (Å²) in [5, 5.41) is 2.46. The largest absolute Gasteiger partial charge is 0.324 e. The molecule has 0 fully saturated rings. The van der Waals surface area contributed by atoms with Crippen LogP contribution in [0.5, 0.6) is 0 Å². The van der Waals surface area contributed by atoms with Gasteiger partial charge in [-0.25, -0.2) is 17.5 Å². The van der Waals surface area contributed by atoms with E-state index in [-0.39, 0.29) is 23.5 Å². The summed E-state index contributed by atoms with van der Waals surface area (Å²) in [4.78, 5) is 12.2. The highest BCUT2D eigenvalue weighted by Gasteiger charge is 2.18. The molecule has 7 heteroatoms. The van der Waals surface area contributed by atoms with Crippen LogP contribution in [0.2, 0.25) is 0 Å². The zero-order valence-electron chi connectivity index (χ0n) is 15.2. The van der Waals surface area contributed by atoms with Crippen molar-refractivity contribution in [1.29, 1.82) is 0 Å². The SMILES string of the molecule is Cc1ccc(NC(=O)CCNS(=O)(=O)c2ccc3c(c2)CCCC3)c(F)c1. The molecule has 1 aliphatic carbocycles. The zero-order valence-corrected chi connectivity index (χ0v) is 16.0. The predicted molar refractivity (Wildman–Crippen MR) is 103 cm³/mol. The number of fused-ring (bicyclic) bond motifs is 1. The van der Waals surface area contributed by atoms with E-state index in [0.29, 0.717) is 0 Å². The van der Waals surface area contributed by atoms with E-state index in [2.05, 4.69) is 10.0 Å². The van der Waals surface area contributed by atoms with Crippen LogP contribution in [0, 0.1) is 12.7 Å². The maximum Gasteiger partial charge on any atom is 0.240 e. The van der Waals surface area contributed by atoms with Crippen LogP contribution in [-0.2, 0) is 27.7 Å². The summed E-state index contributed by atoms with van der Waals surface area (Å²) in [5.74, 6) is -0.969. The number of anilines is 1. The van der Waals surface area contributed by atoms with Crippen molar-refractivity contribution in [2.75, 3.05) is 11.9 Å². The monoisotopic (exact) mass is 390 g/mol. The summed E-state index contributed by atoms with van der Waals surface area (Å²) in [7, 11) is -3.68. The topological polar surface area (TPSA) is 75.3 Å². The second-order valence-corrected chi connectivity index (χ2v) is 8.58. The number of halogens is 1. The lowest BCUT2D eigenvalue weighted by Gasteiger charge is -2.16. The van der Waals surface area contributed by atoms with E-state index >= 15 is 0 Å². The molecule has 3 rings (SSSR count). The van der Waals surface area contributed by atoms with Crippen LogP contribution in [0.1, 0.15) is 36.0 Å². The van der Waals surface area contributed by atoms with Crippen molar-refractivity contribution < 1.29 is 17.6 Å². The first-order valence-electron chi connectivity index (χ1n) is 9.02. The highest BCUT2D eigenvalue weighted by molar-refractivity contribution is 7.89. The molecule has 0 spiro atoms. The van der Waals surface area contributed by atoms with Crippen LogP contribution in [-0.4, -0.2) is 20.9 Å². The number of hydrogen-bond acceptors (Lipinski definition) is 3. The molecule has 0 aliphatic heterocycles. The van der Waals surface area contributed by atoms with E-state index in [1.807, 2.05) is 6.07 Å². The van der Waals surface area contributed by atoms with Gasteiger partial charge in [-0.15, -0.1) is 0 Å². The first-order valence-corrected chi connectivity index (χ1v) is 10.5. The Morgan fingerprint density at radius 1 is 1.07 bits per heavy atom. The van der Waals surface area contributed by atoms with Crippen LogP contribution in [0.25, 0.3) is 0 Å². The van der Waals surface area contributed by atoms with Crippen LogP contribution in [0.3, 0.4) is 0 Å². The molecule has 2 N–H and O–H groups in total. The Morgan fingerprint density at radius 3 is 2.56 bits per heavy atom. The molecule has 2 aromatic carbocycles. The fourth-order valence-electron chi connectivity index (χ4n) is 3.19.